The number of anilines is 2. The molecule has 2 aromatic rings. The molecule has 0 radical (unpaired) electrons. The van der Waals surface area contributed by atoms with E-state index in [1.807, 2.05) is 24.4 Å². The minimum Gasteiger partial charge on any atom is -0.485 e. The van der Waals surface area contributed by atoms with E-state index in [9.17, 15) is 0 Å². The topological polar surface area (TPSA) is 54.6 Å². The van der Waals surface area contributed by atoms with Gasteiger partial charge in [-0.3, -0.25) is 4.90 Å². The van der Waals surface area contributed by atoms with E-state index < -0.39 is 0 Å². The Kier molecular flexibility index (Phi) is 4.74. The maximum atomic E-state index is 6.34. The number of ether oxygens (including phenoxy) is 1. The van der Waals surface area contributed by atoms with Crippen LogP contribution in [0.15, 0.2) is 42.6 Å². The van der Waals surface area contributed by atoms with Crippen LogP contribution in [0.2, 0.25) is 0 Å². The number of hydrogen-bond acceptors (Lipinski definition) is 5. The van der Waals surface area contributed by atoms with Gasteiger partial charge in [0, 0.05) is 44.6 Å². The highest BCUT2D eigenvalue weighted by atomic mass is 16.5. The average molecular weight is 338 g/mol. The van der Waals surface area contributed by atoms with E-state index in [4.69, 9.17) is 10.5 Å². The molecule has 3 heterocycles. The molecule has 1 atom stereocenters. The molecule has 2 aliphatic rings. The number of nitrogens with two attached hydrogens (primary N) is 1. The lowest BCUT2D eigenvalue weighted by molar-refractivity contribution is 0.198. The molecule has 0 spiro atoms. The van der Waals surface area contributed by atoms with E-state index >= 15 is 0 Å². The standard InChI is InChI=1S/C20H26N4O/c21-17-6-3-5-16(13-17)14-23-12-8-18(15-23)25-19-7-4-9-22-20(19)24-10-1-2-11-24/h3-7,9,13,18H,1-2,8,10-12,14-15,21H2/t18-/m0/s1. The number of pyridine rings is 1. The van der Waals surface area contributed by atoms with Gasteiger partial charge in [-0.25, -0.2) is 4.98 Å². The van der Waals surface area contributed by atoms with Gasteiger partial charge in [0.05, 0.1) is 0 Å². The predicted molar refractivity (Wildman–Crippen MR) is 101 cm³/mol. The van der Waals surface area contributed by atoms with Gasteiger partial charge >= 0.3 is 0 Å². The normalized spacial score (nSPS) is 21.0. The number of rotatable bonds is 5. The lowest BCUT2D eigenvalue weighted by atomic mass is 10.2. The molecule has 4 rings (SSSR count). The number of hydrogen-bond donors (Lipinski definition) is 1. The SMILES string of the molecule is Nc1cccc(CN2CC[C@H](Oc3cccnc3N3CCCC3)C2)c1. The summed E-state index contributed by atoms with van der Waals surface area (Å²) in [6.07, 6.45) is 5.63. The summed E-state index contributed by atoms with van der Waals surface area (Å²) in [6, 6.07) is 12.2. The second-order valence-electron chi connectivity index (χ2n) is 7.03. The van der Waals surface area contributed by atoms with Gasteiger partial charge < -0.3 is 15.4 Å². The number of benzene rings is 1. The van der Waals surface area contributed by atoms with Crippen molar-refractivity contribution in [1.29, 1.82) is 0 Å². The Morgan fingerprint density at radius 1 is 1.12 bits per heavy atom. The van der Waals surface area contributed by atoms with Gasteiger partial charge in [-0.1, -0.05) is 12.1 Å². The fraction of sp³-hybridized carbons (Fsp3) is 0.450. The van der Waals surface area contributed by atoms with Crippen molar-refractivity contribution >= 4 is 11.5 Å². The van der Waals surface area contributed by atoms with Crippen LogP contribution >= 0.6 is 0 Å². The number of likely N-dealkylation sites (tertiary alicyclic amines) is 1. The summed E-state index contributed by atoms with van der Waals surface area (Å²) in [5.41, 5.74) is 7.98. The van der Waals surface area contributed by atoms with Crippen molar-refractivity contribution in [1.82, 2.24) is 9.88 Å². The van der Waals surface area contributed by atoms with E-state index in [1.54, 1.807) is 0 Å². The van der Waals surface area contributed by atoms with E-state index in [-0.39, 0.29) is 6.10 Å². The van der Waals surface area contributed by atoms with Crippen LogP contribution in [-0.2, 0) is 6.54 Å². The Balaban J connectivity index is 1.38. The molecule has 2 N–H and O–H groups in total. The number of nitrogens with zero attached hydrogens (tertiary/aromatic N) is 3. The Morgan fingerprint density at radius 2 is 2.00 bits per heavy atom. The van der Waals surface area contributed by atoms with Crippen LogP contribution in [-0.4, -0.2) is 42.2 Å². The van der Waals surface area contributed by atoms with Crippen molar-refractivity contribution in [3.63, 3.8) is 0 Å². The fourth-order valence-corrected chi connectivity index (χ4v) is 3.81. The van der Waals surface area contributed by atoms with Crippen molar-refractivity contribution in [2.75, 3.05) is 36.8 Å². The van der Waals surface area contributed by atoms with Crippen LogP contribution < -0.4 is 15.4 Å². The molecule has 1 aromatic heterocycles. The van der Waals surface area contributed by atoms with Gasteiger partial charge in [0.25, 0.3) is 0 Å². The second-order valence-corrected chi connectivity index (χ2v) is 7.03. The second kappa shape index (κ2) is 7.31. The average Bonchev–Trinajstić information content (AvgIpc) is 3.28. The third-order valence-corrected chi connectivity index (χ3v) is 5.04. The highest BCUT2D eigenvalue weighted by Crippen LogP contribution is 2.30. The molecule has 0 aliphatic carbocycles. The molecular formula is C20H26N4O. The molecule has 5 heteroatoms. The lowest BCUT2D eigenvalue weighted by Crippen LogP contribution is -2.26. The third-order valence-electron chi connectivity index (χ3n) is 5.04. The van der Waals surface area contributed by atoms with Crippen LogP contribution in [0.4, 0.5) is 11.5 Å². The monoisotopic (exact) mass is 338 g/mol. The Labute approximate surface area is 149 Å². The fourth-order valence-electron chi connectivity index (χ4n) is 3.81. The zero-order valence-corrected chi connectivity index (χ0v) is 14.6. The van der Waals surface area contributed by atoms with Gasteiger partial charge in [-0.05, 0) is 49.1 Å². The summed E-state index contributed by atoms with van der Waals surface area (Å²) in [5, 5.41) is 0. The minimum atomic E-state index is 0.228. The number of aromatic nitrogens is 1. The van der Waals surface area contributed by atoms with Crippen LogP contribution in [0.3, 0.4) is 0 Å². The summed E-state index contributed by atoms with van der Waals surface area (Å²) >= 11 is 0. The van der Waals surface area contributed by atoms with E-state index in [1.165, 1.54) is 18.4 Å². The minimum absolute atomic E-state index is 0.228. The largest absolute Gasteiger partial charge is 0.485 e. The first kappa shape index (κ1) is 16.2. The van der Waals surface area contributed by atoms with Crippen molar-refractivity contribution in [3.05, 3.63) is 48.2 Å². The molecule has 2 aliphatic heterocycles. The van der Waals surface area contributed by atoms with E-state index in [2.05, 4.69) is 33.0 Å². The van der Waals surface area contributed by atoms with Crippen LogP contribution in [0.5, 0.6) is 5.75 Å². The maximum absolute atomic E-state index is 6.34. The molecule has 1 aromatic carbocycles. The zero-order chi connectivity index (χ0) is 17.1. The quantitative estimate of drug-likeness (QED) is 0.850. The molecular weight excluding hydrogens is 312 g/mol. The molecule has 0 saturated carbocycles. The lowest BCUT2D eigenvalue weighted by Gasteiger charge is -2.22. The molecule has 132 valence electrons. The van der Waals surface area contributed by atoms with Gasteiger partial charge in [-0.15, -0.1) is 0 Å². The van der Waals surface area contributed by atoms with Gasteiger partial charge in [0.15, 0.2) is 11.6 Å². The van der Waals surface area contributed by atoms with E-state index in [0.29, 0.717) is 0 Å². The first-order valence-electron chi connectivity index (χ1n) is 9.21. The molecule has 0 amide bonds. The van der Waals surface area contributed by atoms with Crippen molar-refractivity contribution in [3.8, 4) is 5.75 Å². The van der Waals surface area contributed by atoms with Crippen LogP contribution in [0, 0.1) is 0 Å². The molecule has 2 saturated heterocycles. The molecule has 5 nitrogen and oxygen atoms in total. The van der Waals surface area contributed by atoms with Crippen molar-refractivity contribution in [2.24, 2.45) is 0 Å². The highest BCUT2D eigenvalue weighted by Gasteiger charge is 2.26. The highest BCUT2D eigenvalue weighted by molar-refractivity contribution is 5.52. The summed E-state index contributed by atoms with van der Waals surface area (Å²) in [5.74, 6) is 1.94. The summed E-state index contributed by atoms with van der Waals surface area (Å²) in [4.78, 5) is 9.35. The van der Waals surface area contributed by atoms with Crippen LogP contribution in [0.25, 0.3) is 0 Å². The third kappa shape index (κ3) is 3.87. The van der Waals surface area contributed by atoms with Gasteiger partial charge in [0.1, 0.15) is 6.10 Å². The molecule has 0 unspecified atom stereocenters. The summed E-state index contributed by atoms with van der Waals surface area (Å²) < 4.78 is 6.34. The smallest absolute Gasteiger partial charge is 0.171 e. The predicted octanol–water partition coefficient (Wildman–Crippen LogP) is 2.92. The van der Waals surface area contributed by atoms with Crippen molar-refractivity contribution < 1.29 is 4.74 Å². The van der Waals surface area contributed by atoms with E-state index in [0.717, 1.165) is 56.4 Å². The summed E-state index contributed by atoms with van der Waals surface area (Å²) in [7, 11) is 0. The summed E-state index contributed by atoms with van der Waals surface area (Å²) in [6.45, 7) is 5.10. The number of nitrogen functional groups attached to an aromatic ring is 1. The van der Waals surface area contributed by atoms with Gasteiger partial charge in [0.2, 0.25) is 0 Å². The first-order valence-corrected chi connectivity index (χ1v) is 9.21. The molecule has 2 fully saturated rings. The van der Waals surface area contributed by atoms with Gasteiger partial charge in [-0.2, -0.15) is 0 Å². The van der Waals surface area contributed by atoms with Crippen LogP contribution in [0.1, 0.15) is 24.8 Å². The molecule has 0 bridgehead atoms. The zero-order valence-electron chi connectivity index (χ0n) is 14.6. The maximum Gasteiger partial charge on any atom is 0.171 e. The Bertz CT molecular complexity index is 714. The Hall–Kier alpha value is -2.27. The van der Waals surface area contributed by atoms with Crippen molar-refractivity contribution in [2.45, 2.75) is 31.9 Å². The molecule has 25 heavy (non-hydrogen) atoms. The first-order chi connectivity index (χ1) is 12.3. The Morgan fingerprint density at radius 3 is 2.84 bits per heavy atom.